The predicted molar refractivity (Wildman–Crippen MR) is 287 cm³/mol. The van der Waals surface area contributed by atoms with Crippen molar-refractivity contribution in [2.75, 3.05) is 0 Å². The molecule has 0 fully saturated rings. The summed E-state index contributed by atoms with van der Waals surface area (Å²) in [5, 5.41) is 0. The molecule has 0 nitrogen and oxygen atoms in total. The summed E-state index contributed by atoms with van der Waals surface area (Å²) in [6.45, 7) is 4.53. The molecule has 0 radical (unpaired) electrons. The zero-order valence-electron chi connectivity index (χ0n) is 37.8. The van der Waals surface area contributed by atoms with Gasteiger partial charge in [-0.1, -0.05) is 269 Å². The van der Waals surface area contributed by atoms with E-state index < -0.39 is 0 Å². The van der Waals surface area contributed by atoms with Crippen molar-refractivity contribution >= 4 is 47.6 Å². The maximum absolute atomic E-state index is 2.43. The van der Waals surface area contributed by atoms with Gasteiger partial charge in [0.15, 0.2) is 0 Å². The highest BCUT2D eigenvalue weighted by molar-refractivity contribution is 5.95. The highest BCUT2D eigenvalue weighted by Gasteiger charge is 2.13. The Labute approximate surface area is 392 Å². The molecule has 0 aliphatic heterocycles. The van der Waals surface area contributed by atoms with Gasteiger partial charge in [-0.05, 0) is 125 Å². The largest absolute Gasteiger partial charge is 0.0622 e. The molecule has 0 aliphatic carbocycles. The van der Waals surface area contributed by atoms with E-state index in [1.165, 1.54) is 100 Å². The van der Waals surface area contributed by atoms with E-state index in [2.05, 4.69) is 281 Å². The van der Waals surface area contributed by atoms with Crippen LogP contribution in [0.2, 0.25) is 0 Å². The van der Waals surface area contributed by atoms with Crippen LogP contribution in [-0.4, -0.2) is 0 Å². The van der Waals surface area contributed by atoms with Crippen LogP contribution in [0.1, 0.15) is 80.6 Å². The van der Waals surface area contributed by atoms with Gasteiger partial charge < -0.3 is 0 Å². The Hall–Kier alpha value is -8.06. The van der Waals surface area contributed by atoms with E-state index in [1.54, 1.807) is 0 Å². The number of benzene rings is 9. The van der Waals surface area contributed by atoms with Gasteiger partial charge in [0, 0.05) is 0 Å². The smallest absolute Gasteiger partial charge is 0.0105 e. The molecule has 0 saturated carbocycles. The molecule has 0 aliphatic rings. The lowest BCUT2D eigenvalue weighted by Gasteiger charge is -2.16. The fraction of sp³-hybridized carbons (Fsp3) is 0.0606. The van der Waals surface area contributed by atoms with Crippen LogP contribution in [0.4, 0.5) is 0 Å². The summed E-state index contributed by atoms with van der Waals surface area (Å²) in [5.74, 6) is 0. The summed E-state index contributed by atoms with van der Waals surface area (Å²) in [5.41, 5.74) is 22.2. The topological polar surface area (TPSA) is 0 Å². The van der Waals surface area contributed by atoms with Gasteiger partial charge in [0.2, 0.25) is 0 Å². The second kappa shape index (κ2) is 21.1. The summed E-state index contributed by atoms with van der Waals surface area (Å²) in [6, 6.07) is 82.8. The van der Waals surface area contributed by atoms with Gasteiger partial charge in [-0.3, -0.25) is 0 Å². The van der Waals surface area contributed by atoms with Gasteiger partial charge >= 0.3 is 0 Å². The molecule has 0 spiro atoms. The minimum Gasteiger partial charge on any atom is -0.0622 e. The minimum absolute atomic E-state index is 0.956. The van der Waals surface area contributed by atoms with Crippen LogP contribution < -0.4 is 0 Å². The molecule has 9 rings (SSSR count). The van der Waals surface area contributed by atoms with Gasteiger partial charge in [-0.2, -0.15) is 0 Å². The highest BCUT2D eigenvalue weighted by atomic mass is 14.2. The van der Waals surface area contributed by atoms with Crippen molar-refractivity contribution in [1.82, 2.24) is 0 Å². The molecule has 0 bridgehead atoms. The molecule has 0 saturated heterocycles. The summed E-state index contributed by atoms with van der Waals surface area (Å²) in [6.07, 6.45) is 15.5. The first-order chi connectivity index (χ1) is 32.6. The van der Waals surface area contributed by atoms with E-state index in [-0.39, 0.29) is 0 Å². The second-order valence-electron chi connectivity index (χ2n) is 16.6. The minimum atomic E-state index is 0.956. The lowest BCUT2D eigenvalue weighted by molar-refractivity contribution is 1.10. The zero-order valence-corrected chi connectivity index (χ0v) is 37.8. The quantitative estimate of drug-likeness (QED) is 0.0957. The van der Waals surface area contributed by atoms with Gasteiger partial charge in [-0.15, -0.1) is 0 Å². The summed E-state index contributed by atoms with van der Waals surface area (Å²) >= 11 is 0. The highest BCUT2D eigenvalue weighted by Crippen LogP contribution is 2.35. The van der Waals surface area contributed by atoms with Crippen LogP contribution in [0.15, 0.2) is 231 Å². The van der Waals surface area contributed by atoms with E-state index in [0.29, 0.717) is 0 Å². The average Bonchev–Trinajstić information content (AvgIpc) is 3.39. The standard InChI is InChI=1S/C66H54/c1-3-51-45-64(60-43-37-50(38-44-60)34-40-54-22-18-20-32-62(54)48-66(57-27-13-7-14-28-57)58-29-15-8-16-30-58)52(4-2)46-63(51)59-41-35-49(36-42-59)33-39-53-21-17-19-31-61(53)47-65(55-23-9-5-10-24-55)56-25-11-6-12-26-56/h5-48H,3-4H2,1-2H3. The fourth-order valence-electron chi connectivity index (χ4n) is 8.77. The maximum Gasteiger partial charge on any atom is -0.0105 e. The lowest BCUT2D eigenvalue weighted by atomic mass is 9.88. The third-order valence-corrected chi connectivity index (χ3v) is 12.4. The van der Waals surface area contributed by atoms with Crippen LogP contribution in [0, 0.1) is 0 Å². The van der Waals surface area contributed by atoms with Crippen LogP contribution >= 0.6 is 0 Å². The first-order valence-corrected chi connectivity index (χ1v) is 23.2. The molecule has 318 valence electrons. The summed E-state index contributed by atoms with van der Waals surface area (Å²) in [4.78, 5) is 0. The van der Waals surface area contributed by atoms with Crippen molar-refractivity contribution in [3.63, 3.8) is 0 Å². The van der Waals surface area contributed by atoms with E-state index in [9.17, 15) is 0 Å². The summed E-state index contributed by atoms with van der Waals surface area (Å²) < 4.78 is 0. The predicted octanol–water partition coefficient (Wildman–Crippen LogP) is 17.7. The van der Waals surface area contributed by atoms with Gasteiger partial charge in [0.1, 0.15) is 0 Å². The first kappa shape index (κ1) is 43.2. The van der Waals surface area contributed by atoms with E-state index in [4.69, 9.17) is 0 Å². The zero-order chi connectivity index (χ0) is 44.9. The van der Waals surface area contributed by atoms with Gasteiger partial charge in [-0.25, -0.2) is 0 Å². The Kier molecular flexibility index (Phi) is 13.8. The van der Waals surface area contributed by atoms with E-state index in [1.807, 2.05) is 0 Å². The van der Waals surface area contributed by atoms with Gasteiger partial charge in [0.05, 0.1) is 0 Å². The number of hydrogen-bond acceptors (Lipinski definition) is 0. The molecule has 0 N–H and O–H groups in total. The van der Waals surface area contributed by atoms with Crippen LogP contribution in [-0.2, 0) is 12.8 Å². The van der Waals surface area contributed by atoms with Gasteiger partial charge in [0.25, 0.3) is 0 Å². The normalized spacial score (nSPS) is 11.2. The number of rotatable bonds is 14. The second-order valence-corrected chi connectivity index (χ2v) is 16.6. The summed E-state index contributed by atoms with van der Waals surface area (Å²) in [7, 11) is 0. The van der Waals surface area contributed by atoms with Crippen molar-refractivity contribution in [3.8, 4) is 22.3 Å². The maximum atomic E-state index is 2.43. The Morgan fingerprint density at radius 2 is 0.591 bits per heavy atom. The molecule has 0 heteroatoms. The molecule has 0 amide bonds. The lowest BCUT2D eigenvalue weighted by Crippen LogP contribution is -1.95. The molecular formula is C66H54. The molecule has 9 aromatic rings. The molecule has 0 unspecified atom stereocenters. The first-order valence-electron chi connectivity index (χ1n) is 23.2. The molecule has 9 aromatic carbocycles. The molecule has 0 atom stereocenters. The van der Waals surface area contributed by atoms with E-state index >= 15 is 0 Å². The molecular weight excluding hydrogens is 793 g/mol. The Balaban J connectivity index is 0.937. The Morgan fingerprint density at radius 3 is 0.894 bits per heavy atom. The van der Waals surface area contributed by atoms with Crippen LogP contribution in [0.5, 0.6) is 0 Å². The van der Waals surface area contributed by atoms with Crippen LogP contribution in [0.25, 0.3) is 69.9 Å². The van der Waals surface area contributed by atoms with Crippen molar-refractivity contribution in [3.05, 3.63) is 297 Å². The SMILES string of the molecule is CCc1cc(-c2ccc(C=Cc3ccccc3C=C(c3ccccc3)c3ccccc3)cc2)c(CC)cc1-c1ccc(C=Cc2ccccc2C=C(c2ccccc2)c2ccccc2)cc1. The number of aryl methyl sites for hydroxylation is 2. The van der Waals surface area contributed by atoms with Crippen molar-refractivity contribution in [2.45, 2.75) is 26.7 Å². The Morgan fingerprint density at radius 1 is 0.303 bits per heavy atom. The molecule has 66 heavy (non-hydrogen) atoms. The third kappa shape index (κ3) is 10.3. The van der Waals surface area contributed by atoms with Crippen molar-refractivity contribution in [1.29, 1.82) is 0 Å². The number of hydrogen-bond donors (Lipinski definition) is 0. The average molecular weight is 847 g/mol. The van der Waals surface area contributed by atoms with Crippen molar-refractivity contribution < 1.29 is 0 Å². The fourth-order valence-corrected chi connectivity index (χ4v) is 8.77. The van der Waals surface area contributed by atoms with Crippen molar-refractivity contribution in [2.24, 2.45) is 0 Å². The monoisotopic (exact) mass is 846 g/mol. The van der Waals surface area contributed by atoms with Crippen LogP contribution in [0.3, 0.4) is 0 Å². The third-order valence-electron chi connectivity index (χ3n) is 12.4. The van der Waals surface area contributed by atoms with E-state index in [0.717, 1.165) is 12.8 Å². The molecule has 0 heterocycles. The Bertz CT molecular complexity index is 2830. The molecule has 0 aromatic heterocycles.